The number of hydrogen-bond donors (Lipinski definition) is 1. The van der Waals surface area contributed by atoms with E-state index in [0.717, 1.165) is 0 Å². The first-order valence-corrected chi connectivity index (χ1v) is 11.9. The Hall–Kier alpha value is -2.48. The van der Waals surface area contributed by atoms with Crippen LogP contribution in [0.3, 0.4) is 0 Å². The lowest BCUT2D eigenvalue weighted by Crippen LogP contribution is -2.25. The zero-order valence-electron chi connectivity index (χ0n) is 16.2. The normalized spacial score (nSPS) is 12.3. The van der Waals surface area contributed by atoms with Gasteiger partial charge < -0.3 is 4.74 Å². The first kappa shape index (κ1) is 22.2. The van der Waals surface area contributed by atoms with Crippen LogP contribution >= 0.6 is 15.9 Å². The summed E-state index contributed by atoms with van der Waals surface area (Å²) in [6, 6.07) is 24.4. The number of alkyl halides is 1. The summed E-state index contributed by atoms with van der Waals surface area (Å²) in [5.74, 6) is 0.592. The quantitative estimate of drug-likeness (QED) is 0.253. The Morgan fingerprint density at radius 2 is 1.43 bits per heavy atom. The molecule has 0 aromatic heterocycles. The van der Waals surface area contributed by atoms with Gasteiger partial charge in [0.1, 0.15) is 5.75 Å². The van der Waals surface area contributed by atoms with E-state index in [9.17, 15) is 13.2 Å². The highest BCUT2D eigenvalue weighted by Gasteiger charge is 2.13. The van der Waals surface area contributed by atoms with E-state index in [1.165, 1.54) is 0 Å². The highest BCUT2D eigenvalue weighted by molar-refractivity contribution is 9.09. The van der Waals surface area contributed by atoms with Gasteiger partial charge in [0.25, 0.3) is 0 Å². The molecule has 0 aliphatic rings. The van der Waals surface area contributed by atoms with E-state index in [1.54, 1.807) is 66.7 Å². The van der Waals surface area contributed by atoms with Crippen LogP contribution in [0.1, 0.15) is 28.8 Å². The van der Waals surface area contributed by atoms with Crippen molar-refractivity contribution in [1.82, 2.24) is 4.72 Å². The Labute approximate surface area is 185 Å². The molecule has 0 heterocycles. The third-order valence-electron chi connectivity index (χ3n) is 4.37. The largest absolute Gasteiger partial charge is 0.479 e. The molecule has 1 atom stereocenters. The third-order valence-corrected chi connectivity index (χ3v) is 6.49. The summed E-state index contributed by atoms with van der Waals surface area (Å²) in [4.78, 5) is 12.7. The van der Waals surface area contributed by atoms with Crippen molar-refractivity contribution in [3.8, 4) is 5.75 Å². The van der Waals surface area contributed by atoms with Gasteiger partial charge in [-0.3, -0.25) is 4.79 Å². The van der Waals surface area contributed by atoms with Crippen LogP contribution in [0.25, 0.3) is 0 Å². The van der Waals surface area contributed by atoms with Crippen molar-refractivity contribution in [2.75, 3.05) is 6.54 Å². The Kier molecular flexibility index (Phi) is 7.79. The van der Waals surface area contributed by atoms with E-state index in [-0.39, 0.29) is 15.7 Å². The average molecular weight is 488 g/mol. The van der Waals surface area contributed by atoms with Gasteiger partial charge in [0, 0.05) is 17.7 Å². The molecule has 0 amide bonds. The highest BCUT2D eigenvalue weighted by Crippen LogP contribution is 2.20. The zero-order valence-corrected chi connectivity index (χ0v) is 18.6. The van der Waals surface area contributed by atoms with Crippen LogP contribution < -0.4 is 9.46 Å². The molecule has 0 fully saturated rings. The fourth-order valence-electron chi connectivity index (χ4n) is 2.80. The first-order chi connectivity index (χ1) is 14.5. The lowest BCUT2D eigenvalue weighted by atomic mass is 10.0. The van der Waals surface area contributed by atoms with Crippen LogP contribution in [0, 0.1) is 0 Å². The number of hydrogen-bond acceptors (Lipinski definition) is 4. The summed E-state index contributed by atoms with van der Waals surface area (Å²) in [6.45, 7) is 0.313. The second-order valence-electron chi connectivity index (χ2n) is 6.60. The van der Waals surface area contributed by atoms with Crippen molar-refractivity contribution in [2.24, 2.45) is 0 Å². The molecule has 0 aliphatic carbocycles. The topological polar surface area (TPSA) is 72.5 Å². The third kappa shape index (κ3) is 6.26. The number of rotatable bonds is 10. The Morgan fingerprint density at radius 3 is 2.07 bits per heavy atom. The lowest BCUT2D eigenvalue weighted by Gasteiger charge is -2.14. The van der Waals surface area contributed by atoms with Crippen molar-refractivity contribution in [1.29, 1.82) is 0 Å². The van der Waals surface area contributed by atoms with Gasteiger partial charge in [-0.1, -0.05) is 48.5 Å². The van der Waals surface area contributed by atoms with E-state index in [0.29, 0.717) is 36.3 Å². The molecule has 0 aliphatic heterocycles. The number of benzene rings is 3. The fourth-order valence-corrected chi connectivity index (χ4v) is 4.43. The van der Waals surface area contributed by atoms with Crippen LogP contribution in [0.2, 0.25) is 0 Å². The van der Waals surface area contributed by atoms with Gasteiger partial charge in [0.2, 0.25) is 10.0 Å². The number of halogens is 1. The maximum atomic E-state index is 12.4. The maximum absolute atomic E-state index is 12.4. The minimum atomic E-state index is -3.49. The summed E-state index contributed by atoms with van der Waals surface area (Å²) in [5, 5.41) is -0.269. The van der Waals surface area contributed by atoms with E-state index in [1.807, 2.05) is 18.2 Å². The van der Waals surface area contributed by atoms with Crippen molar-refractivity contribution < 1.29 is 17.9 Å². The van der Waals surface area contributed by atoms with Crippen LogP contribution in [-0.4, -0.2) is 25.8 Å². The molecular formula is C23H22BrNO4S. The van der Waals surface area contributed by atoms with Crippen LogP contribution in [0.5, 0.6) is 5.75 Å². The van der Waals surface area contributed by atoms with E-state index in [4.69, 9.17) is 4.74 Å². The molecule has 30 heavy (non-hydrogen) atoms. The molecular weight excluding hydrogens is 466 g/mol. The first-order valence-electron chi connectivity index (χ1n) is 9.51. The number of sulfonamides is 1. The smallest absolute Gasteiger partial charge is 0.240 e. The summed E-state index contributed by atoms with van der Waals surface area (Å²) in [5.41, 5.74) is 1.23. The van der Waals surface area contributed by atoms with Gasteiger partial charge >= 0.3 is 0 Å². The standard InChI is InChI=1S/C23H22BrNO4S/c24-22(12-7-17-25-30(27,28)21-10-5-2-6-11-21)29-20-15-13-19(14-16-20)23(26)18-8-3-1-4-9-18/h1-6,8-11,13-16,22,25H,7,12,17H2. The summed E-state index contributed by atoms with van der Waals surface area (Å²) < 4.78 is 32.7. The molecule has 156 valence electrons. The molecule has 7 heteroatoms. The van der Waals surface area contributed by atoms with Crippen molar-refractivity contribution in [3.63, 3.8) is 0 Å². The molecule has 3 rings (SSSR count). The number of carbonyl (C=O) groups is 1. The minimum Gasteiger partial charge on any atom is -0.479 e. The minimum absolute atomic E-state index is 0.0387. The number of nitrogens with one attached hydrogen (secondary N) is 1. The second-order valence-corrected chi connectivity index (χ2v) is 9.39. The monoisotopic (exact) mass is 487 g/mol. The molecule has 3 aromatic rings. The van der Waals surface area contributed by atoms with Gasteiger partial charge in [0.15, 0.2) is 10.8 Å². The molecule has 0 saturated carbocycles. The van der Waals surface area contributed by atoms with Gasteiger partial charge in [-0.05, 0) is 65.2 Å². The molecule has 0 spiro atoms. The number of carbonyl (C=O) groups excluding carboxylic acids is 1. The van der Waals surface area contributed by atoms with Gasteiger partial charge in [-0.2, -0.15) is 0 Å². The molecule has 0 bridgehead atoms. The summed E-state index contributed by atoms with van der Waals surface area (Å²) in [7, 11) is -3.49. The average Bonchev–Trinajstić information content (AvgIpc) is 2.78. The van der Waals surface area contributed by atoms with Crippen molar-refractivity contribution in [2.45, 2.75) is 22.8 Å². The number of ether oxygens (including phenoxy) is 1. The van der Waals surface area contributed by atoms with E-state index >= 15 is 0 Å². The Bertz CT molecular complexity index is 1060. The Balaban J connectivity index is 1.45. The maximum Gasteiger partial charge on any atom is 0.240 e. The lowest BCUT2D eigenvalue weighted by molar-refractivity contribution is 0.103. The summed E-state index contributed by atoms with van der Waals surface area (Å²) in [6.07, 6.45) is 1.22. The SMILES string of the molecule is O=C(c1ccccc1)c1ccc(OC(Br)CCCNS(=O)(=O)c2ccccc2)cc1. The highest BCUT2D eigenvalue weighted by atomic mass is 79.9. The fraction of sp³-hybridized carbons (Fsp3) is 0.174. The van der Waals surface area contributed by atoms with Crippen molar-refractivity contribution in [3.05, 3.63) is 96.1 Å². The predicted octanol–water partition coefficient (Wildman–Crippen LogP) is 4.78. The van der Waals surface area contributed by atoms with Gasteiger partial charge in [-0.25, -0.2) is 13.1 Å². The molecule has 5 nitrogen and oxygen atoms in total. The second kappa shape index (κ2) is 10.5. The molecule has 1 unspecified atom stereocenters. The molecule has 0 radical (unpaired) electrons. The molecule has 1 N–H and O–H groups in total. The predicted molar refractivity (Wildman–Crippen MR) is 121 cm³/mol. The van der Waals surface area contributed by atoms with Crippen LogP contribution in [-0.2, 0) is 10.0 Å². The van der Waals surface area contributed by atoms with Crippen molar-refractivity contribution >= 4 is 31.7 Å². The van der Waals surface area contributed by atoms with E-state index < -0.39 is 10.0 Å². The molecule has 0 saturated heterocycles. The van der Waals surface area contributed by atoms with Gasteiger partial charge in [0.05, 0.1) is 4.90 Å². The van der Waals surface area contributed by atoms with Gasteiger partial charge in [-0.15, -0.1) is 0 Å². The zero-order chi connectivity index (χ0) is 21.4. The Morgan fingerprint density at radius 1 is 0.867 bits per heavy atom. The summed E-state index contributed by atoms with van der Waals surface area (Å²) >= 11 is 3.46. The number of ketones is 1. The van der Waals surface area contributed by atoms with Crippen LogP contribution in [0.4, 0.5) is 0 Å². The molecule has 3 aromatic carbocycles. The van der Waals surface area contributed by atoms with E-state index in [2.05, 4.69) is 20.7 Å². The van der Waals surface area contributed by atoms with Crippen LogP contribution in [0.15, 0.2) is 89.8 Å².